The lowest BCUT2D eigenvalue weighted by Gasteiger charge is -2.27. The van der Waals surface area contributed by atoms with Gasteiger partial charge in [0.15, 0.2) is 5.11 Å². The van der Waals surface area contributed by atoms with Gasteiger partial charge in [-0.25, -0.2) is 0 Å². The highest BCUT2D eigenvalue weighted by molar-refractivity contribution is 7.80. The lowest BCUT2D eigenvalue weighted by Crippen LogP contribution is -2.29. The molecule has 0 saturated carbocycles. The number of thiocarbonyl (C=S) groups is 1. The maximum absolute atomic E-state index is 5.84. The zero-order valence-electron chi connectivity index (χ0n) is 18.2. The molecular formula is C27H26N4S. The van der Waals surface area contributed by atoms with E-state index in [9.17, 15) is 0 Å². The van der Waals surface area contributed by atoms with Gasteiger partial charge in [-0.1, -0.05) is 50.2 Å². The highest BCUT2D eigenvalue weighted by Crippen LogP contribution is 2.42. The van der Waals surface area contributed by atoms with Crippen LogP contribution in [0.2, 0.25) is 0 Å². The fraction of sp³-hybridized carbons (Fsp3) is 0.185. The normalized spacial score (nSPS) is 18.2. The molecule has 0 bridgehead atoms. The molecule has 0 spiro atoms. The third kappa shape index (κ3) is 3.80. The number of nitrogens with one attached hydrogen (secondary N) is 1. The fourth-order valence-corrected chi connectivity index (χ4v) is 4.69. The Hall–Kier alpha value is -3.44. The first-order valence-corrected chi connectivity index (χ1v) is 11.4. The molecule has 4 aromatic rings. The molecule has 2 aromatic carbocycles. The maximum atomic E-state index is 5.84. The van der Waals surface area contributed by atoms with E-state index in [0.29, 0.717) is 5.92 Å². The molecule has 1 saturated heterocycles. The van der Waals surface area contributed by atoms with Crippen molar-refractivity contribution in [2.75, 3.05) is 4.90 Å². The fourth-order valence-electron chi connectivity index (χ4n) is 4.34. The van der Waals surface area contributed by atoms with E-state index < -0.39 is 0 Å². The van der Waals surface area contributed by atoms with E-state index in [0.717, 1.165) is 22.2 Å². The lowest BCUT2D eigenvalue weighted by atomic mass is 9.98. The van der Waals surface area contributed by atoms with Crippen molar-refractivity contribution in [3.63, 3.8) is 0 Å². The number of hydrogen-bond acceptors (Lipinski definition) is 2. The van der Waals surface area contributed by atoms with Crippen molar-refractivity contribution in [2.24, 2.45) is 0 Å². The molecule has 0 amide bonds. The summed E-state index contributed by atoms with van der Waals surface area (Å²) < 4.78 is 2.16. The van der Waals surface area contributed by atoms with Gasteiger partial charge in [-0.05, 0) is 71.7 Å². The van der Waals surface area contributed by atoms with Gasteiger partial charge in [-0.3, -0.25) is 4.98 Å². The molecule has 2 aromatic heterocycles. The number of rotatable bonds is 5. The topological polar surface area (TPSA) is 33.1 Å². The third-order valence-corrected chi connectivity index (χ3v) is 6.36. The second kappa shape index (κ2) is 8.60. The molecular weight excluding hydrogens is 412 g/mol. The van der Waals surface area contributed by atoms with Crippen LogP contribution in [-0.2, 0) is 0 Å². The molecule has 0 unspecified atom stereocenters. The van der Waals surface area contributed by atoms with E-state index in [4.69, 9.17) is 12.2 Å². The van der Waals surface area contributed by atoms with Crippen LogP contribution in [0.1, 0.15) is 48.7 Å². The maximum Gasteiger partial charge on any atom is 0.174 e. The number of nitrogens with zero attached hydrogens (tertiary/aromatic N) is 3. The van der Waals surface area contributed by atoms with Crippen LogP contribution < -0.4 is 10.2 Å². The van der Waals surface area contributed by atoms with Gasteiger partial charge in [-0.15, -0.1) is 0 Å². The van der Waals surface area contributed by atoms with Gasteiger partial charge in [0, 0.05) is 30.0 Å². The predicted molar refractivity (Wildman–Crippen MR) is 134 cm³/mol. The van der Waals surface area contributed by atoms with E-state index in [1.807, 2.05) is 24.4 Å². The van der Waals surface area contributed by atoms with Gasteiger partial charge in [-0.2, -0.15) is 0 Å². The number of hydrogen-bond donors (Lipinski definition) is 1. The average Bonchev–Trinajstić information content (AvgIpc) is 3.45. The number of pyridine rings is 1. The molecule has 160 valence electrons. The highest BCUT2D eigenvalue weighted by Gasteiger charge is 2.41. The van der Waals surface area contributed by atoms with Crippen molar-refractivity contribution >= 4 is 23.0 Å². The molecule has 1 fully saturated rings. The van der Waals surface area contributed by atoms with E-state index in [1.165, 1.54) is 11.1 Å². The molecule has 4 nitrogen and oxygen atoms in total. The van der Waals surface area contributed by atoms with E-state index >= 15 is 0 Å². The highest BCUT2D eigenvalue weighted by atomic mass is 32.1. The summed E-state index contributed by atoms with van der Waals surface area (Å²) in [5, 5.41) is 4.26. The molecule has 32 heavy (non-hydrogen) atoms. The van der Waals surface area contributed by atoms with Crippen LogP contribution in [0.4, 0.5) is 5.69 Å². The van der Waals surface area contributed by atoms with Crippen molar-refractivity contribution in [1.82, 2.24) is 14.9 Å². The molecule has 2 atom stereocenters. The molecule has 5 heteroatoms. The molecule has 1 aliphatic heterocycles. The minimum Gasteiger partial charge on any atom is -0.351 e. The van der Waals surface area contributed by atoms with Gasteiger partial charge < -0.3 is 14.8 Å². The van der Waals surface area contributed by atoms with Crippen LogP contribution in [0.25, 0.3) is 5.69 Å². The Morgan fingerprint density at radius 3 is 2.31 bits per heavy atom. The zero-order chi connectivity index (χ0) is 22.1. The number of para-hydroxylation sites is 1. The van der Waals surface area contributed by atoms with Crippen molar-refractivity contribution in [3.8, 4) is 5.69 Å². The number of aromatic nitrogens is 2. The second-order valence-corrected chi connectivity index (χ2v) is 8.82. The molecule has 5 rings (SSSR count). The minimum atomic E-state index is -0.0416. The lowest BCUT2D eigenvalue weighted by molar-refractivity contribution is 0.568. The summed E-state index contributed by atoms with van der Waals surface area (Å²) in [5.41, 5.74) is 5.70. The summed E-state index contributed by atoms with van der Waals surface area (Å²) in [7, 11) is 0. The summed E-state index contributed by atoms with van der Waals surface area (Å²) >= 11 is 5.84. The van der Waals surface area contributed by atoms with Gasteiger partial charge in [0.25, 0.3) is 0 Å². The third-order valence-electron chi connectivity index (χ3n) is 6.05. The monoisotopic (exact) mass is 438 g/mol. The van der Waals surface area contributed by atoms with Crippen molar-refractivity contribution in [3.05, 3.63) is 114 Å². The van der Waals surface area contributed by atoms with Crippen LogP contribution in [-0.4, -0.2) is 14.7 Å². The number of anilines is 1. The average molecular weight is 439 g/mol. The minimum absolute atomic E-state index is 0.00716. The van der Waals surface area contributed by atoms with Crippen LogP contribution in [0.15, 0.2) is 97.5 Å². The molecule has 3 heterocycles. The van der Waals surface area contributed by atoms with Crippen molar-refractivity contribution in [2.45, 2.75) is 31.8 Å². The summed E-state index contributed by atoms with van der Waals surface area (Å²) in [6.07, 6.45) is 6.15. The van der Waals surface area contributed by atoms with Gasteiger partial charge in [0.05, 0.1) is 17.8 Å². The first kappa shape index (κ1) is 20.5. The Kier molecular flexibility index (Phi) is 5.50. The Morgan fingerprint density at radius 1 is 0.875 bits per heavy atom. The summed E-state index contributed by atoms with van der Waals surface area (Å²) in [6.45, 7) is 4.42. The summed E-state index contributed by atoms with van der Waals surface area (Å²) in [4.78, 5) is 6.87. The van der Waals surface area contributed by atoms with Crippen molar-refractivity contribution < 1.29 is 0 Å². The van der Waals surface area contributed by atoms with Crippen LogP contribution in [0.3, 0.4) is 0 Å². The largest absolute Gasteiger partial charge is 0.351 e. The summed E-state index contributed by atoms with van der Waals surface area (Å²) in [6, 6.07) is 27.3. The van der Waals surface area contributed by atoms with E-state index in [2.05, 4.69) is 107 Å². The van der Waals surface area contributed by atoms with Gasteiger partial charge in [0.2, 0.25) is 0 Å². The Bertz CT molecular complexity index is 1200. The number of benzene rings is 2. The van der Waals surface area contributed by atoms with Crippen molar-refractivity contribution in [1.29, 1.82) is 0 Å². The van der Waals surface area contributed by atoms with Gasteiger partial charge in [0.1, 0.15) is 0 Å². The van der Waals surface area contributed by atoms with Crippen LogP contribution in [0, 0.1) is 0 Å². The molecule has 0 aliphatic carbocycles. The Morgan fingerprint density at radius 2 is 1.62 bits per heavy atom. The van der Waals surface area contributed by atoms with Gasteiger partial charge >= 0.3 is 0 Å². The van der Waals surface area contributed by atoms with Crippen LogP contribution >= 0.6 is 12.2 Å². The predicted octanol–water partition coefficient (Wildman–Crippen LogP) is 6.17. The molecule has 1 aliphatic rings. The zero-order valence-corrected chi connectivity index (χ0v) is 19.0. The molecule has 0 radical (unpaired) electrons. The van der Waals surface area contributed by atoms with E-state index in [1.54, 1.807) is 0 Å². The first-order chi connectivity index (χ1) is 15.6. The SMILES string of the molecule is CC(C)c1ccc(N2C(=S)N[C@@H](c3ccccn3)[C@H]2c2ccn(-c3ccccc3)c2)cc1. The second-order valence-electron chi connectivity index (χ2n) is 8.43. The molecule has 1 N–H and O–H groups in total. The Balaban J connectivity index is 1.58. The smallest absolute Gasteiger partial charge is 0.174 e. The quantitative estimate of drug-likeness (QED) is 0.378. The van der Waals surface area contributed by atoms with Crippen LogP contribution in [0.5, 0.6) is 0 Å². The standard InChI is InChI=1S/C27H26N4S/c1-19(2)20-11-13-23(14-12-20)31-26(25(29-27(31)32)24-10-6-7-16-28-24)21-15-17-30(18-21)22-8-4-3-5-9-22/h3-19,25-26H,1-2H3,(H,29,32)/t25-,26+/m0/s1. The van der Waals surface area contributed by atoms with E-state index in [-0.39, 0.29) is 12.1 Å². The Labute approximate surface area is 194 Å². The first-order valence-electron chi connectivity index (χ1n) is 11.0. The summed E-state index contributed by atoms with van der Waals surface area (Å²) in [5.74, 6) is 0.490.